The summed E-state index contributed by atoms with van der Waals surface area (Å²) in [6.45, 7) is 4.08. The van der Waals surface area contributed by atoms with Crippen molar-refractivity contribution in [2.75, 3.05) is 6.67 Å². The van der Waals surface area contributed by atoms with Crippen molar-refractivity contribution < 1.29 is 14.0 Å². The lowest BCUT2D eigenvalue weighted by atomic mass is 10.0. The van der Waals surface area contributed by atoms with E-state index in [4.69, 9.17) is 0 Å². The molecule has 0 aliphatic carbocycles. The number of hydrogen-bond acceptors (Lipinski definition) is 4. The summed E-state index contributed by atoms with van der Waals surface area (Å²) >= 11 is 0. The summed E-state index contributed by atoms with van der Waals surface area (Å²) in [5.41, 5.74) is 1.89. The molecule has 0 radical (unpaired) electrons. The Morgan fingerprint density at radius 1 is 1.23 bits per heavy atom. The highest BCUT2D eigenvalue weighted by Gasteiger charge is 2.23. The van der Waals surface area contributed by atoms with Gasteiger partial charge in [-0.1, -0.05) is 24.3 Å². The molecule has 1 aromatic carbocycles. The van der Waals surface area contributed by atoms with Crippen LogP contribution in [0.1, 0.15) is 36.5 Å². The van der Waals surface area contributed by atoms with Crippen molar-refractivity contribution in [3.05, 3.63) is 63.6 Å². The molecule has 0 saturated heterocycles. The number of aryl methyl sites for hydroxylation is 1. The van der Waals surface area contributed by atoms with E-state index in [1.165, 1.54) is 23.9 Å². The van der Waals surface area contributed by atoms with E-state index >= 15 is 0 Å². The van der Waals surface area contributed by atoms with Gasteiger partial charge in [0.25, 0.3) is 5.56 Å². The second-order valence-corrected chi connectivity index (χ2v) is 6.23. The molecule has 7 heteroatoms. The van der Waals surface area contributed by atoms with Crippen molar-refractivity contribution in [2.24, 2.45) is 0 Å². The molecule has 0 fully saturated rings. The molecule has 1 amide bonds. The number of rotatable bonds is 7. The molecule has 2 atom stereocenters. The van der Waals surface area contributed by atoms with E-state index in [1.807, 2.05) is 31.2 Å². The minimum Gasteiger partial charge on any atom is -0.346 e. The standard InChI is InChI=1S/C19H22FN3O3/c1-12-6-4-5-7-15(12)11-23-19(26)16(8-9-21-23)13(2)18(25)22-14(3)17(24)10-20/h4-9,13-14H,10-11H2,1-3H3,(H,22,25). The summed E-state index contributed by atoms with van der Waals surface area (Å²) in [4.78, 5) is 36.3. The van der Waals surface area contributed by atoms with Gasteiger partial charge in [0.2, 0.25) is 5.91 Å². The Morgan fingerprint density at radius 2 is 1.92 bits per heavy atom. The molecule has 26 heavy (non-hydrogen) atoms. The summed E-state index contributed by atoms with van der Waals surface area (Å²) in [5.74, 6) is -2.01. The van der Waals surface area contributed by atoms with Crippen molar-refractivity contribution in [1.29, 1.82) is 0 Å². The van der Waals surface area contributed by atoms with Crippen LogP contribution in [-0.4, -0.2) is 34.2 Å². The first-order valence-corrected chi connectivity index (χ1v) is 8.34. The Balaban J connectivity index is 2.22. The van der Waals surface area contributed by atoms with Crippen LogP contribution in [0, 0.1) is 6.92 Å². The lowest BCUT2D eigenvalue weighted by Gasteiger charge is -2.16. The summed E-state index contributed by atoms with van der Waals surface area (Å²) in [5, 5.41) is 6.53. The topological polar surface area (TPSA) is 81.1 Å². The quantitative estimate of drug-likeness (QED) is 0.817. The monoisotopic (exact) mass is 359 g/mol. The van der Waals surface area contributed by atoms with E-state index in [1.54, 1.807) is 6.92 Å². The molecular weight excluding hydrogens is 337 g/mol. The number of amides is 1. The zero-order valence-corrected chi connectivity index (χ0v) is 15.0. The van der Waals surface area contributed by atoms with Crippen LogP contribution in [0.4, 0.5) is 4.39 Å². The molecule has 138 valence electrons. The highest BCUT2D eigenvalue weighted by molar-refractivity contribution is 5.91. The van der Waals surface area contributed by atoms with Gasteiger partial charge in [0.05, 0.1) is 18.5 Å². The Hall–Kier alpha value is -2.83. The van der Waals surface area contributed by atoms with E-state index in [2.05, 4.69) is 10.4 Å². The first kappa shape index (κ1) is 19.5. The third-order valence-corrected chi connectivity index (χ3v) is 4.36. The zero-order chi connectivity index (χ0) is 19.3. The fraction of sp³-hybridized carbons (Fsp3) is 0.368. The Kier molecular flexibility index (Phi) is 6.38. The average Bonchev–Trinajstić information content (AvgIpc) is 2.63. The van der Waals surface area contributed by atoms with Gasteiger partial charge in [-0.15, -0.1) is 0 Å². The highest BCUT2D eigenvalue weighted by atomic mass is 19.1. The fourth-order valence-corrected chi connectivity index (χ4v) is 2.53. The Morgan fingerprint density at radius 3 is 2.58 bits per heavy atom. The normalized spacial score (nSPS) is 13.1. The van der Waals surface area contributed by atoms with Gasteiger partial charge in [-0.2, -0.15) is 5.10 Å². The van der Waals surface area contributed by atoms with E-state index in [-0.39, 0.29) is 11.1 Å². The molecule has 0 aliphatic rings. The molecule has 0 bridgehead atoms. The Labute approximate surface area is 151 Å². The number of hydrogen-bond donors (Lipinski definition) is 1. The summed E-state index contributed by atoms with van der Waals surface area (Å²) in [6, 6.07) is 8.21. The van der Waals surface area contributed by atoms with Crippen LogP contribution in [0.25, 0.3) is 0 Å². The first-order valence-electron chi connectivity index (χ1n) is 8.34. The molecular formula is C19H22FN3O3. The SMILES string of the molecule is Cc1ccccc1Cn1nccc(C(C)C(=O)NC(C)C(=O)CF)c1=O. The lowest BCUT2D eigenvalue weighted by molar-refractivity contribution is -0.128. The van der Waals surface area contributed by atoms with Crippen LogP contribution in [-0.2, 0) is 16.1 Å². The van der Waals surface area contributed by atoms with Crippen LogP contribution in [0.5, 0.6) is 0 Å². The van der Waals surface area contributed by atoms with Gasteiger partial charge in [-0.05, 0) is 38.0 Å². The molecule has 0 saturated carbocycles. The molecule has 1 aromatic heterocycles. The maximum Gasteiger partial charge on any atom is 0.271 e. The minimum atomic E-state index is -1.14. The first-order chi connectivity index (χ1) is 12.3. The molecule has 6 nitrogen and oxygen atoms in total. The summed E-state index contributed by atoms with van der Waals surface area (Å²) < 4.78 is 13.7. The number of halogens is 1. The second kappa shape index (κ2) is 8.51. The third-order valence-electron chi connectivity index (χ3n) is 4.36. The van der Waals surface area contributed by atoms with Crippen LogP contribution in [0.2, 0.25) is 0 Å². The number of carbonyl (C=O) groups excluding carboxylic acids is 2. The minimum absolute atomic E-state index is 0.269. The van der Waals surface area contributed by atoms with Gasteiger partial charge in [0.1, 0.15) is 6.67 Å². The van der Waals surface area contributed by atoms with E-state index < -0.39 is 30.3 Å². The number of carbonyl (C=O) groups is 2. The van der Waals surface area contributed by atoms with Crippen LogP contribution < -0.4 is 10.9 Å². The van der Waals surface area contributed by atoms with Crippen LogP contribution >= 0.6 is 0 Å². The maximum absolute atomic E-state index is 12.7. The van der Waals surface area contributed by atoms with Gasteiger partial charge < -0.3 is 5.32 Å². The number of alkyl halides is 1. The van der Waals surface area contributed by atoms with Crippen molar-refractivity contribution in [3.63, 3.8) is 0 Å². The van der Waals surface area contributed by atoms with Gasteiger partial charge in [0, 0.05) is 11.8 Å². The number of Topliss-reactive ketones (excluding diaryl/α,β-unsaturated/α-hetero) is 1. The number of aromatic nitrogens is 2. The predicted molar refractivity (Wildman–Crippen MR) is 95.8 cm³/mol. The summed E-state index contributed by atoms with van der Waals surface area (Å²) in [6.07, 6.45) is 1.47. The van der Waals surface area contributed by atoms with Crippen molar-refractivity contribution in [2.45, 2.75) is 39.3 Å². The smallest absolute Gasteiger partial charge is 0.271 e. The number of ketones is 1. The van der Waals surface area contributed by atoms with Crippen molar-refractivity contribution >= 4 is 11.7 Å². The van der Waals surface area contributed by atoms with E-state index in [0.29, 0.717) is 6.54 Å². The number of nitrogens with zero attached hydrogens (tertiary/aromatic N) is 2. The van der Waals surface area contributed by atoms with E-state index in [0.717, 1.165) is 11.1 Å². The zero-order valence-electron chi connectivity index (χ0n) is 15.0. The predicted octanol–water partition coefficient (Wildman–Crippen LogP) is 1.75. The van der Waals surface area contributed by atoms with Gasteiger partial charge >= 0.3 is 0 Å². The highest BCUT2D eigenvalue weighted by Crippen LogP contribution is 2.12. The van der Waals surface area contributed by atoms with Crippen molar-refractivity contribution in [3.8, 4) is 0 Å². The molecule has 0 spiro atoms. The molecule has 2 rings (SSSR count). The number of nitrogens with one attached hydrogen (secondary N) is 1. The number of benzene rings is 1. The molecule has 2 unspecified atom stereocenters. The maximum atomic E-state index is 12.7. The molecule has 0 aliphatic heterocycles. The van der Waals surface area contributed by atoms with E-state index in [9.17, 15) is 18.8 Å². The van der Waals surface area contributed by atoms with Crippen LogP contribution in [0.3, 0.4) is 0 Å². The third kappa shape index (κ3) is 4.41. The second-order valence-electron chi connectivity index (χ2n) is 6.23. The Bertz CT molecular complexity index is 863. The van der Waals surface area contributed by atoms with Gasteiger partial charge in [0.15, 0.2) is 5.78 Å². The molecule has 1 N–H and O–H groups in total. The van der Waals surface area contributed by atoms with Crippen molar-refractivity contribution in [1.82, 2.24) is 15.1 Å². The summed E-state index contributed by atoms with van der Waals surface area (Å²) in [7, 11) is 0. The lowest BCUT2D eigenvalue weighted by Crippen LogP contribution is -2.42. The van der Waals surface area contributed by atoms with Gasteiger partial charge in [-0.25, -0.2) is 9.07 Å². The largest absolute Gasteiger partial charge is 0.346 e. The molecule has 2 aromatic rings. The van der Waals surface area contributed by atoms with Gasteiger partial charge in [-0.3, -0.25) is 14.4 Å². The fourth-order valence-electron chi connectivity index (χ4n) is 2.53. The molecule has 1 heterocycles. The average molecular weight is 359 g/mol. The van der Waals surface area contributed by atoms with Crippen LogP contribution in [0.15, 0.2) is 41.3 Å².